The van der Waals surface area contributed by atoms with Crippen molar-refractivity contribution >= 4 is 28.8 Å². The Bertz CT molecular complexity index is 787. The van der Waals surface area contributed by atoms with Crippen molar-refractivity contribution in [2.24, 2.45) is 11.8 Å². The number of nitrogens with zero attached hydrogens (tertiary/aromatic N) is 2. The van der Waals surface area contributed by atoms with E-state index in [0.717, 1.165) is 41.6 Å². The van der Waals surface area contributed by atoms with Crippen LogP contribution >= 0.6 is 0 Å². The number of hydrogen-bond donors (Lipinski definition) is 2. The summed E-state index contributed by atoms with van der Waals surface area (Å²) in [5.41, 5.74) is 1.74. The summed E-state index contributed by atoms with van der Waals surface area (Å²) in [6.45, 7) is 0.0293. The molecule has 0 bridgehead atoms. The highest BCUT2D eigenvalue weighted by molar-refractivity contribution is 6.07. The van der Waals surface area contributed by atoms with Gasteiger partial charge in [0.15, 0.2) is 0 Å². The van der Waals surface area contributed by atoms with E-state index in [1.54, 1.807) is 0 Å². The molecule has 7 heteroatoms. The summed E-state index contributed by atoms with van der Waals surface area (Å²) in [4.78, 5) is 45.6. The number of imidazole rings is 1. The molecule has 130 valence electrons. The maximum absolute atomic E-state index is 12.4. The van der Waals surface area contributed by atoms with Gasteiger partial charge in [0.1, 0.15) is 12.4 Å². The van der Waals surface area contributed by atoms with E-state index in [-0.39, 0.29) is 42.6 Å². The zero-order valence-electron chi connectivity index (χ0n) is 13.8. The first-order valence-corrected chi connectivity index (χ1v) is 8.69. The van der Waals surface area contributed by atoms with Crippen LogP contribution in [0, 0.1) is 11.8 Å². The summed E-state index contributed by atoms with van der Waals surface area (Å²) in [7, 11) is 0. The van der Waals surface area contributed by atoms with Gasteiger partial charge in [0, 0.05) is 0 Å². The van der Waals surface area contributed by atoms with Crippen LogP contribution in [-0.2, 0) is 20.9 Å². The van der Waals surface area contributed by atoms with E-state index >= 15 is 0 Å². The third-order valence-corrected chi connectivity index (χ3v) is 5.13. The molecule has 1 aliphatic heterocycles. The second kappa shape index (κ2) is 6.31. The molecule has 2 atom stereocenters. The smallest absolute Gasteiger partial charge is 0.240 e. The normalized spacial score (nSPS) is 23.1. The average molecular weight is 340 g/mol. The Morgan fingerprint density at radius 3 is 2.52 bits per heavy atom. The fourth-order valence-electron chi connectivity index (χ4n) is 3.86. The number of para-hydroxylation sites is 2. The van der Waals surface area contributed by atoms with Crippen molar-refractivity contribution in [2.75, 3.05) is 6.54 Å². The minimum atomic E-state index is -0.346. The zero-order valence-corrected chi connectivity index (χ0v) is 13.8. The Hall–Kier alpha value is -2.70. The van der Waals surface area contributed by atoms with Crippen molar-refractivity contribution in [1.82, 2.24) is 20.2 Å². The van der Waals surface area contributed by atoms with Crippen molar-refractivity contribution in [3.05, 3.63) is 30.1 Å². The van der Waals surface area contributed by atoms with Crippen LogP contribution in [0.2, 0.25) is 0 Å². The maximum atomic E-state index is 12.4. The molecule has 2 aromatic rings. The molecule has 2 aliphatic rings. The number of imide groups is 1. The minimum Gasteiger partial charge on any atom is -0.347 e. The van der Waals surface area contributed by atoms with Gasteiger partial charge in [-0.15, -0.1) is 0 Å². The van der Waals surface area contributed by atoms with Crippen molar-refractivity contribution in [2.45, 2.75) is 32.2 Å². The molecule has 1 saturated carbocycles. The van der Waals surface area contributed by atoms with Crippen LogP contribution in [0.4, 0.5) is 0 Å². The van der Waals surface area contributed by atoms with E-state index < -0.39 is 0 Å². The molecule has 1 saturated heterocycles. The summed E-state index contributed by atoms with van der Waals surface area (Å²) in [5, 5.41) is 2.73. The fourth-order valence-corrected chi connectivity index (χ4v) is 3.86. The first-order chi connectivity index (χ1) is 12.1. The monoisotopic (exact) mass is 340 g/mol. The third kappa shape index (κ3) is 2.90. The van der Waals surface area contributed by atoms with Gasteiger partial charge in [0.2, 0.25) is 17.7 Å². The second-order valence-electron chi connectivity index (χ2n) is 6.74. The van der Waals surface area contributed by atoms with Gasteiger partial charge >= 0.3 is 0 Å². The van der Waals surface area contributed by atoms with E-state index in [2.05, 4.69) is 15.3 Å². The van der Waals surface area contributed by atoms with Crippen molar-refractivity contribution < 1.29 is 14.4 Å². The Kier molecular flexibility index (Phi) is 3.99. The Labute approximate surface area is 144 Å². The first kappa shape index (κ1) is 15.8. The van der Waals surface area contributed by atoms with Crippen LogP contribution in [0.5, 0.6) is 0 Å². The van der Waals surface area contributed by atoms with Crippen molar-refractivity contribution in [3.8, 4) is 0 Å². The molecule has 2 heterocycles. The van der Waals surface area contributed by atoms with Crippen LogP contribution in [0.3, 0.4) is 0 Å². The van der Waals surface area contributed by atoms with Gasteiger partial charge in [-0.2, -0.15) is 0 Å². The SMILES string of the molecule is O=C(CN1C(=O)C2CCCCC2C1=O)NCc1nc2ccccc2[nH]1. The lowest BCUT2D eigenvalue weighted by atomic mass is 9.81. The maximum Gasteiger partial charge on any atom is 0.240 e. The lowest BCUT2D eigenvalue weighted by Crippen LogP contribution is -2.40. The number of hydrogen-bond acceptors (Lipinski definition) is 4. The molecule has 3 amide bonds. The number of H-pyrrole nitrogens is 1. The summed E-state index contributed by atoms with van der Waals surface area (Å²) in [6.07, 6.45) is 3.47. The van der Waals surface area contributed by atoms with Gasteiger partial charge in [0.25, 0.3) is 0 Å². The highest BCUT2D eigenvalue weighted by atomic mass is 16.2. The van der Waals surface area contributed by atoms with E-state index in [1.807, 2.05) is 24.3 Å². The standard InChI is InChI=1S/C18H20N4O3/c23-16(19-9-15-20-13-7-3-4-8-14(13)21-15)10-22-17(24)11-5-1-2-6-12(11)18(22)25/h3-4,7-8,11-12H,1-2,5-6,9-10H2,(H,19,23)(H,20,21). The number of carbonyl (C=O) groups excluding carboxylic acids is 3. The van der Waals surface area contributed by atoms with E-state index in [0.29, 0.717) is 5.82 Å². The molecule has 4 rings (SSSR count). The minimum absolute atomic E-state index is 0.186. The van der Waals surface area contributed by atoms with Crippen molar-refractivity contribution in [3.63, 3.8) is 0 Å². The van der Waals surface area contributed by atoms with Crippen LogP contribution in [0.1, 0.15) is 31.5 Å². The van der Waals surface area contributed by atoms with Crippen molar-refractivity contribution in [1.29, 1.82) is 0 Å². The largest absolute Gasteiger partial charge is 0.347 e. The summed E-state index contributed by atoms with van der Waals surface area (Å²) in [5.74, 6) is -0.515. The molecule has 0 spiro atoms. The number of aromatic nitrogens is 2. The lowest BCUT2D eigenvalue weighted by Gasteiger charge is -2.19. The van der Waals surface area contributed by atoms with Gasteiger partial charge < -0.3 is 10.3 Å². The molecule has 0 radical (unpaired) electrons. The number of likely N-dealkylation sites (tertiary alicyclic amines) is 1. The number of amides is 3. The quantitative estimate of drug-likeness (QED) is 0.822. The molecule has 1 aromatic heterocycles. The first-order valence-electron chi connectivity index (χ1n) is 8.69. The number of rotatable bonds is 4. The number of fused-ring (bicyclic) bond motifs is 2. The highest BCUT2D eigenvalue weighted by Gasteiger charge is 2.48. The number of aromatic amines is 1. The highest BCUT2D eigenvalue weighted by Crippen LogP contribution is 2.37. The van der Waals surface area contributed by atoms with Crippen LogP contribution < -0.4 is 5.32 Å². The molecule has 1 aromatic carbocycles. The van der Waals surface area contributed by atoms with Gasteiger partial charge in [0.05, 0.1) is 29.4 Å². The van der Waals surface area contributed by atoms with E-state index in [1.165, 1.54) is 0 Å². The number of carbonyl (C=O) groups is 3. The Balaban J connectivity index is 1.37. The predicted molar refractivity (Wildman–Crippen MR) is 90.1 cm³/mol. The Morgan fingerprint density at radius 2 is 1.84 bits per heavy atom. The zero-order chi connectivity index (χ0) is 17.4. The van der Waals surface area contributed by atoms with E-state index in [4.69, 9.17) is 0 Å². The molecular formula is C18H20N4O3. The molecule has 2 unspecified atom stereocenters. The summed E-state index contributed by atoms with van der Waals surface area (Å²) in [6, 6.07) is 7.61. The van der Waals surface area contributed by atoms with Gasteiger partial charge in [-0.3, -0.25) is 19.3 Å². The van der Waals surface area contributed by atoms with Crippen LogP contribution in [0.15, 0.2) is 24.3 Å². The summed E-state index contributed by atoms with van der Waals surface area (Å²) < 4.78 is 0. The molecular weight excluding hydrogens is 320 g/mol. The van der Waals surface area contributed by atoms with Gasteiger partial charge in [-0.05, 0) is 25.0 Å². The Morgan fingerprint density at radius 1 is 1.16 bits per heavy atom. The van der Waals surface area contributed by atoms with Gasteiger partial charge in [-0.25, -0.2) is 4.98 Å². The van der Waals surface area contributed by atoms with Crippen LogP contribution in [0.25, 0.3) is 11.0 Å². The molecule has 7 nitrogen and oxygen atoms in total. The predicted octanol–water partition coefficient (Wildman–Crippen LogP) is 1.35. The number of nitrogens with one attached hydrogen (secondary N) is 2. The van der Waals surface area contributed by atoms with Gasteiger partial charge in [-0.1, -0.05) is 25.0 Å². The average Bonchev–Trinajstić information content (AvgIpc) is 3.15. The molecule has 1 aliphatic carbocycles. The fraction of sp³-hybridized carbons (Fsp3) is 0.444. The topological polar surface area (TPSA) is 95.2 Å². The summed E-state index contributed by atoms with van der Waals surface area (Å²) >= 11 is 0. The molecule has 25 heavy (non-hydrogen) atoms. The third-order valence-electron chi connectivity index (χ3n) is 5.13. The second-order valence-corrected chi connectivity index (χ2v) is 6.74. The molecule has 2 N–H and O–H groups in total. The number of benzene rings is 1. The van der Waals surface area contributed by atoms with E-state index in [9.17, 15) is 14.4 Å². The molecule has 2 fully saturated rings. The van der Waals surface area contributed by atoms with Crippen LogP contribution in [-0.4, -0.2) is 39.1 Å². The lowest BCUT2D eigenvalue weighted by molar-refractivity contribution is -0.143.